The number of benzene rings is 1. The Morgan fingerprint density at radius 2 is 2.29 bits per heavy atom. The molecule has 1 unspecified atom stereocenters. The summed E-state index contributed by atoms with van der Waals surface area (Å²) < 4.78 is 0.843. The van der Waals surface area contributed by atoms with Crippen molar-refractivity contribution in [2.75, 3.05) is 0 Å². The normalized spacial score (nSPS) is 12.1. The maximum absolute atomic E-state index is 10.9. The predicted octanol–water partition coefficient (Wildman–Crippen LogP) is 2.18. The Bertz CT molecular complexity index is 376. The Hall–Kier alpha value is -0.880. The lowest BCUT2D eigenvalue weighted by atomic mass is 10.0. The van der Waals surface area contributed by atoms with Crippen molar-refractivity contribution in [3.05, 3.63) is 45.6 Å². The van der Waals surface area contributed by atoms with Gasteiger partial charge in [-0.05, 0) is 34.7 Å². The van der Waals surface area contributed by atoms with Crippen molar-refractivity contribution in [2.24, 2.45) is 5.73 Å². The second-order valence-corrected chi connectivity index (χ2v) is 3.93. The molecular formula is C10H10INO2. The molecule has 0 aliphatic carbocycles. The first-order valence-electron chi connectivity index (χ1n) is 3.97. The summed E-state index contributed by atoms with van der Waals surface area (Å²) in [5.41, 5.74) is 6.61. The molecule has 3 N–H and O–H groups in total. The van der Waals surface area contributed by atoms with Crippen molar-refractivity contribution < 1.29 is 9.90 Å². The molecular weight excluding hydrogens is 293 g/mol. The summed E-state index contributed by atoms with van der Waals surface area (Å²) in [5.74, 6) is -0.962. The zero-order chi connectivity index (χ0) is 10.7. The molecule has 0 amide bonds. The third-order valence-electron chi connectivity index (χ3n) is 1.87. The molecule has 0 bridgehead atoms. The molecule has 0 aromatic heterocycles. The molecule has 4 heteroatoms. The van der Waals surface area contributed by atoms with E-state index in [1.54, 1.807) is 12.1 Å². The third kappa shape index (κ3) is 2.13. The van der Waals surface area contributed by atoms with E-state index in [1.165, 1.54) is 6.08 Å². The predicted molar refractivity (Wildman–Crippen MR) is 63.2 cm³/mol. The van der Waals surface area contributed by atoms with Crippen LogP contribution in [0.25, 0.3) is 0 Å². The van der Waals surface area contributed by atoms with Gasteiger partial charge in [-0.3, -0.25) is 0 Å². The number of nitrogens with two attached hydrogens (primary N) is 1. The zero-order valence-electron chi connectivity index (χ0n) is 7.40. The van der Waals surface area contributed by atoms with Crippen molar-refractivity contribution in [1.29, 1.82) is 0 Å². The number of carboxylic acids is 1. The minimum atomic E-state index is -0.962. The third-order valence-corrected chi connectivity index (χ3v) is 2.81. The highest BCUT2D eigenvalue weighted by molar-refractivity contribution is 14.1. The van der Waals surface area contributed by atoms with E-state index < -0.39 is 12.0 Å². The van der Waals surface area contributed by atoms with Gasteiger partial charge in [-0.15, -0.1) is 6.58 Å². The molecule has 0 saturated heterocycles. The largest absolute Gasteiger partial charge is 0.478 e. The van der Waals surface area contributed by atoms with E-state index in [0.29, 0.717) is 5.56 Å². The van der Waals surface area contributed by atoms with Gasteiger partial charge in [-0.1, -0.05) is 12.1 Å². The Morgan fingerprint density at radius 3 is 2.79 bits per heavy atom. The number of hydrogen-bond acceptors (Lipinski definition) is 2. The van der Waals surface area contributed by atoms with Crippen LogP contribution in [-0.2, 0) is 0 Å². The molecule has 74 valence electrons. The van der Waals surface area contributed by atoms with Gasteiger partial charge < -0.3 is 10.8 Å². The first kappa shape index (κ1) is 11.2. The lowest BCUT2D eigenvalue weighted by Gasteiger charge is -2.12. The zero-order valence-corrected chi connectivity index (χ0v) is 9.56. The first-order valence-corrected chi connectivity index (χ1v) is 5.05. The fourth-order valence-electron chi connectivity index (χ4n) is 1.18. The number of halogens is 1. The monoisotopic (exact) mass is 303 g/mol. The summed E-state index contributed by atoms with van der Waals surface area (Å²) in [6, 6.07) is 4.63. The minimum absolute atomic E-state index is 0.240. The van der Waals surface area contributed by atoms with Gasteiger partial charge in [0.1, 0.15) is 0 Å². The minimum Gasteiger partial charge on any atom is -0.478 e. The number of rotatable bonds is 3. The van der Waals surface area contributed by atoms with E-state index in [1.807, 2.05) is 6.07 Å². The van der Waals surface area contributed by atoms with Gasteiger partial charge in [0.2, 0.25) is 0 Å². The topological polar surface area (TPSA) is 63.3 Å². The Balaban J connectivity index is 3.36. The van der Waals surface area contributed by atoms with Crippen molar-refractivity contribution >= 4 is 28.6 Å². The van der Waals surface area contributed by atoms with Gasteiger partial charge in [-0.25, -0.2) is 4.79 Å². The molecule has 1 rings (SSSR count). The first-order chi connectivity index (χ1) is 6.57. The fourth-order valence-corrected chi connectivity index (χ4v) is 2.04. The van der Waals surface area contributed by atoms with Crippen LogP contribution in [0.3, 0.4) is 0 Å². The molecule has 0 radical (unpaired) electrons. The van der Waals surface area contributed by atoms with Gasteiger partial charge in [-0.2, -0.15) is 0 Å². The van der Waals surface area contributed by atoms with Gasteiger partial charge in [0, 0.05) is 15.2 Å². The maximum Gasteiger partial charge on any atom is 0.336 e. The number of carboxylic acid groups (broad SMARTS) is 1. The standard InChI is InChI=1S/C10H10INO2/c1-2-8(12)9-6(10(13)14)4-3-5-7(9)11/h2-5,8H,1,12H2,(H,13,14). The summed E-state index contributed by atoms with van der Waals surface area (Å²) >= 11 is 2.07. The van der Waals surface area contributed by atoms with Gasteiger partial charge in [0.25, 0.3) is 0 Å². The molecule has 1 aromatic carbocycles. The average molecular weight is 303 g/mol. The van der Waals surface area contributed by atoms with Crippen molar-refractivity contribution in [3.63, 3.8) is 0 Å². The molecule has 0 fully saturated rings. The summed E-state index contributed by atoms with van der Waals surface area (Å²) in [7, 11) is 0. The second kappa shape index (κ2) is 4.56. The quantitative estimate of drug-likeness (QED) is 0.664. The molecule has 0 spiro atoms. The Kier molecular flexibility index (Phi) is 3.65. The van der Waals surface area contributed by atoms with Crippen LogP contribution in [0.4, 0.5) is 0 Å². The van der Waals surface area contributed by atoms with Crippen LogP contribution in [0.2, 0.25) is 0 Å². The smallest absolute Gasteiger partial charge is 0.336 e. The van der Waals surface area contributed by atoms with E-state index in [2.05, 4.69) is 29.2 Å². The molecule has 1 aromatic rings. The highest BCUT2D eigenvalue weighted by Gasteiger charge is 2.16. The average Bonchev–Trinajstić information content (AvgIpc) is 2.16. The lowest BCUT2D eigenvalue weighted by Crippen LogP contribution is -2.14. The highest BCUT2D eigenvalue weighted by Crippen LogP contribution is 2.23. The van der Waals surface area contributed by atoms with E-state index in [-0.39, 0.29) is 5.56 Å². The molecule has 3 nitrogen and oxygen atoms in total. The molecule has 0 aliphatic heterocycles. The van der Waals surface area contributed by atoms with E-state index in [4.69, 9.17) is 10.8 Å². The van der Waals surface area contributed by atoms with Crippen LogP contribution < -0.4 is 5.73 Å². The van der Waals surface area contributed by atoms with Crippen molar-refractivity contribution in [2.45, 2.75) is 6.04 Å². The van der Waals surface area contributed by atoms with Crippen LogP contribution in [0, 0.1) is 3.57 Å². The van der Waals surface area contributed by atoms with Crippen molar-refractivity contribution in [1.82, 2.24) is 0 Å². The van der Waals surface area contributed by atoms with Gasteiger partial charge in [0.05, 0.1) is 5.56 Å². The van der Waals surface area contributed by atoms with Crippen LogP contribution >= 0.6 is 22.6 Å². The number of carbonyl (C=O) groups is 1. The Labute approximate surface area is 95.8 Å². The van der Waals surface area contributed by atoms with Crippen LogP contribution in [0.15, 0.2) is 30.9 Å². The summed E-state index contributed by atoms with van der Waals surface area (Å²) in [4.78, 5) is 10.9. The van der Waals surface area contributed by atoms with E-state index >= 15 is 0 Å². The fraction of sp³-hybridized carbons (Fsp3) is 0.100. The van der Waals surface area contributed by atoms with E-state index in [0.717, 1.165) is 3.57 Å². The lowest BCUT2D eigenvalue weighted by molar-refractivity contribution is 0.0695. The molecule has 0 saturated carbocycles. The van der Waals surface area contributed by atoms with Gasteiger partial charge in [0.15, 0.2) is 0 Å². The summed E-state index contributed by atoms with van der Waals surface area (Å²) in [6.07, 6.45) is 1.53. The highest BCUT2D eigenvalue weighted by atomic mass is 127. The molecule has 1 atom stereocenters. The van der Waals surface area contributed by atoms with E-state index in [9.17, 15) is 4.79 Å². The number of hydrogen-bond donors (Lipinski definition) is 2. The maximum atomic E-state index is 10.9. The SMILES string of the molecule is C=CC(N)c1c(I)cccc1C(=O)O. The van der Waals surface area contributed by atoms with Crippen LogP contribution in [0.5, 0.6) is 0 Å². The summed E-state index contributed by atoms with van der Waals surface area (Å²) in [5, 5.41) is 8.94. The molecule has 14 heavy (non-hydrogen) atoms. The summed E-state index contributed by atoms with van der Waals surface area (Å²) in [6.45, 7) is 3.56. The molecule has 0 heterocycles. The van der Waals surface area contributed by atoms with Crippen LogP contribution in [0.1, 0.15) is 22.0 Å². The van der Waals surface area contributed by atoms with Crippen molar-refractivity contribution in [3.8, 4) is 0 Å². The van der Waals surface area contributed by atoms with Gasteiger partial charge >= 0.3 is 5.97 Å². The van der Waals surface area contributed by atoms with Crippen LogP contribution in [-0.4, -0.2) is 11.1 Å². The second-order valence-electron chi connectivity index (χ2n) is 2.77. The Morgan fingerprint density at radius 1 is 1.64 bits per heavy atom. The number of aromatic carboxylic acids is 1. The molecule has 0 aliphatic rings.